The summed E-state index contributed by atoms with van der Waals surface area (Å²) in [6.07, 6.45) is 2.05. The first-order chi connectivity index (χ1) is 13.2. The van der Waals surface area contributed by atoms with Crippen LogP contribution in [0.25, 0.3) is 11.0 Å². The predicted octanol–water partition coefficient (Wildman–Crippen LogP) is 1.96. The van der Waals surface area contributed by atoms with E-state index >= 15 is 0 Å². The van der Waals surface area contributed by atoms with Crippen LogP contribution in [0.15, 0.2) is 54.7 Å². The molecule has 1 saturated heterocycles. The van der Waals surface area contributed by atoms with Crippen molar-refractivity contribution in [3.63, 3.8) is 0 Å². The van der Waals surface area contributed by atoms with Crippen LogP contribution < -0.4 is 15.5 Å². The van der Waals surface area contributed by atoms with Crippen LogP contribution in [0, 0.1) is 0 Å². The first-order valence-electron chi connectivity index (χ1n) is 8.88. The van der Waals surface area contributed by atoms with Crippen LogP contribution >= 0.6 is 0 Å². The minimum absolute atomic E-state index is 0.0315. The highest BCUT2D eigenvalue weighted by molar-refractivity contribution is 6.04. The highest BCUT2D eigenvalue weighted by atomic mass is 16.2. The van der Waals surface area contributed by atoms with Crippen molar-refractivity contribution < 1.29 is 9.59 Å². The molecule has 2 aliphatic heterocycles. The van der Waals surface area contributed by atoms with Crippen molar-refractivity contribution in [2.45, 2.75) is 18.5 Å². The Bertz CT molecular complexity index is 1070. The Hall–Kier alpha value is -3.48. The van der Waals surface area contributed by atoms with Crippen LogP contribution in [0.2, 0.25) is 0 Å². The second-order valence-electron chi connectivity index (χ2n) is 6.82. The van der Waals surface area contributed by atoms with Gasteiger partial charge in [0.05, 0.1) is 28.6 Å². The second-order valence-corrected chi connectivity index (χ2v) is 6.82. The van der Waals surface area contributed by atoms with E-state index in [2.05, 4.69) is 25.5 Å². The molecular formula is C20H17N5O2. The van der Waals surface area contributed by atoms with Crippen molar-refractivity contribution in [3.05, 3.63) is 60.4 Å². The highest BCUT2D eigenvalue weighted by Crippen LogP contribution is 2.36. The number of benzene rings is 2. The quantitative estimate of drug-likeness (QED) is 0.730. The van der Waals surface area contributed by atoms with Gasteiger partial charge in [-0.25, -0.2) is 4.98 Å². The van der Waals surface area contributed by atoms with E-state index in [-0.39, 0.29) is 29.6 Å². The summed E-state index contributed by atoms with van der Waals surface area (Å²) in [6, 6.07) is 14.8. The van der Waals surface area contributed by atoms with Gasteiger partial charge < -0.3 is 15.5 Å². The number of hydrogen-bond donors (Lipinski definition) is 2. The zero-order valence-corrected chi connectivity index (χ0v) is 14.4. The lowest BCUT2D eigenvalue weighted by Crippen LogP contribution is -2.44. The SMILES string of the molecule is O=C(NC1CC2C(=O)Nc3ccccc3N2C1)c1cnc2ccccc2n1. The molecule has 3 heterocycles. The second kappa shape index (κ2) is 6.05. The molecule has 1 fully saturated rings. The zero-order chi connectivity index (χ0) is 18.4. The Labute approximate surface area is 155 Å². The Morgan fingerprint density at radius 2 is 1.89 bits per heavy atom. The van der Waals surface area contributed by atoms with Crippen LogP contribution in [0.4, 0.5) is 11.4 Å². The molecule has 0 radical (unpaired) electrons. The Kier molecular flexibility index (Phi) is 3.53. The maximum atomic E-state index is 12.6. The summed E-state index contributed by atoms with van der Waals surface area (Å²) >= 11 is 0. The number of hydrogen-bond acceptors (Lipinski definition) is 5. The third kappa shape index (κ3) is 2.68. The molecule has 2 amide bonds. The van der Waals surface area contributed by atoms with Gasteiger partial charge in [0.25, 0.3) is 5.91 Å². The van der Waals surface area contributed by atoms with Crippen LogP contribution in [0.3, 0.4) is 0 Å². The summed E-state index contributed by atoms with van der Waals surface area (Å²) in [7, 11) is 0. The normalized spacial score (nSPS) is 20.7. The number of fused-ring (bicyclic) bond motifs is 4. The minimum Gasteiger partial charge on any atom is -0.356 e. The van der Waals surface area contributed by atoms with E-state index in [0.717, 1.165) is 16.9 Å². The molecule has 7 heteroatoms. The molecule has 0 bridgehead atoms. The monoisotopic (exact) mass is 359 g/mol. The molecule has 2 aromatic carbocycles. The first kappa shape index (κ1) is 15.7. The van der Waals surface area contributed by atoms with Gasteiger partial charge in [-0.3, -0.25) is 14.6 Å². The number of para-hydroxylation sites is 4. The summed E-state index contributed by atoms with van der Waals surface area (Å²) in [5.74, 6) is -0.303. The smallest absolute Gasteiger partial charge is 0.271 e. The number of carbonyl (C=O) groups excluding carboxylic acids is 2. The molecule has 0 spiro atoms. The summed E-state index contributed by atoms with van der Waals surface area (Å²) in [6.45, 7) is 0.585. The van der Waals surface area contributed by atoms with Gasteiger partial charge in [-0.2, -0.15) is 0 Å². The van der Waals surface area contributed by atoms with Crippen LogP contribution in [-0.4, -0.2) is 40.4 Å². The molecule has 7 nitrogen and oxygen atoms in total. The number of nitrogens with zero attached hydrogens (tertiary/aromatic N) is 3. The van der Waals surface area contributed by atoms with Gasteiger partial charge in [0.15, 0.2) is 0 Å². The fourth-order valence-corrected chi connectivity index (χ4v) is 3.83. The molecular weight excluding hydrogens is 342 g/mol. The van der Waals surface area contributed by atoms with Crippen molar-refractivity contribution in [2.24, 2.45) is 0 Å². The minimum atomic E-state index is -0.271. The zero-order valence-electron chi connectivity index (χ0n) is 14.4. The van der Waals surface area contributed by atoms with Gasteiger partial charge >= 0.3 is 0 Å². The topological polar surface area (TPSA) is 87.2 Å². The van der Waals surface area contributed by atoms with E-state index in [0.29, 0.717) is 18.5 Å². The third-order valence-electron chi connectivity index (χ3n) is 5.09. The molecule has 1 aromatic heterocycles. The van der Waals surface area contributed by atoms with Crippen LogP contribution in [0.1, 0.15) is 16.9 Å². The standard InChI is InChI=1S/C20H17N5O2/c26-19(16-10-21-13-5-1-2-6-14(13)23-16)22-12-9-18-20(27)24-15-7-3-4-8-17(15)25(18)11-12/h1-8,10,12,18H,9,11H2,(H,22,26)(H,24,27). The summed E-state index contributed by atoms with van der Waals surface area (Å²) in [4.78, 5) is 35.8. The fraction of sp³-hybridized carbons (Fsp3) is 0.200. The number of carbonyl (C=O) groups is 2. The number of nitrogens with one attached hydrogen (secondary N) is 2. The van der Waals surface area contributed by atoms with E-state index in [1.165, 1.54) is 6.20 Å². The van der Waals surface area contributed by atoms with E-state index in [1.807, 2.05) is 48.5 Å². The number of aromatic nitrogens is 2. The van der Waals surface area contributed by atoms with Gasteiger partial charge in [-0.05, 0) is 30.7 Å². The van der Waals surface area contributed by atoms with Gasteiger partial charge in [0.2, 0.25) is 5.91 Å². The Morgan fingerprint density at radius 1 is 1.11 bits per heavy atom. The Balaban J connectivity index is 1.36. The van der Waals surface area contributed by atoms with E-state index in [4.69, 9.17) is 0 Å². The summed E-state index contributed by atoms with van der Waals surface area (Å²) in [5.41, 5.74) is 3.52. The number of amides is 2. The van der Waals surface area contributed by atoms with E-state index in [9.17, 15) is 9.59 Å². The molecule has 27 heavy (non-hydrogen) atoms. The molecule has 134 valence electrons. The number of anilines is 2. The summed E-state index contributed by atoms with van der Waals surface area (Å²) in [5, 5.41) is 5.95. The van der Waals surface area contributed by atoms with Gasteiger partial charge in [-0.1, -0.05) is 24.3 Å². The predicted molar refractivity (Wildman–Crippen MR) is 102 cm³/mol. The lowest BCUT2D eigenvalue weighted by atomic mass is 10.1. The van der Waals surface area contributed by atoms with Crippen molar-refractivity contribution >= 4 is 34.2 Å². The molecule has 2 N–H and O–H groups in total. The average Bonchev–Trinajstić information content (AvgIpc) is 3.12. The molecule has 2 unspecified atom stereocenters. The van der Waals surface area contributed by atoms with Crippen LogP contribution in [-0.2, 0) is 4.79 Å². The molecule has 0 aliphatic carbocycles. The lowest BCUT2D eigenvalue weighted by molar-refractivity contribution is -0.117. The van der Waals surface area contributed by atoms with Gasteiger partial charge in [0.1, 0.15) is 11.7 Å². The van der Waals surface area contributed by atoms with E-state index < -0.39 is 0 Å². The lowest BCUT2D eigenvalue weighted by Gasteiger charge is -2.32. The average molecular weight is 359 g/mol. The maximum absolute atomic E-state index is 12.6. The first-order valence-corrected chi connectivity index (χ1v) is 8.88. The molecule has 2 aliphatic rings. The maximum Gasteiger partial charge on any atom is 0.271 e. The molecule has 5 rings (SSSR count). The molecule has 3 aromatic rings. The number of rotatable bonds is 2. The van der Waals surface area contributed by atoms with Crippen LogP contribution in [0.5, 0.6) is 0 Å². The van der Waals surface area contributed by atoms with Crippen molar-refractivity contribution in [1.29, 1.82) is 0 Å². The highest BCUT2D eigenvalue weighted by Gasteiger charge is 2.41. The van der Waals surface area contributed by atoms with E-state index in [1.54, 1.807) is 0 Å². The van der Waals surface area contributed by atoms with Gasteiger partial charge in [0, 0.05) is 12.6 Å². The summed E-state index contributed by atoms with van der Waals surface area (Å²) < 4.78 is 0. The largest absolute Gasteiger partial charge is 0.356 e. The van der Waals surface area contributed by atoms with Gasteiger partial charge in [-0.15, -0.1) is 0 Å². The Morgan fingerprint density at radius 3 is 2.78 bits per heavy atom. The van der Waals surface area contributed by atoms with Crippen molar-refractivity contribution in [1.82, 2.24) is 15.3 Å². The molecule has 0 saturated carbocycles. The third-order valence-corrected chi connectivity index (χ3v) is 5.09. The van der Waals surface area contributed by atoms with Crippen molar-refractivity contribution in [3.8, 4) is 0 Å². The fourth-order valence-electron chi connectivity index (χ4n) is 3.83. The van der Waals surface area contributed by atoms with Crippen molar-refractivity contribution in [2.75, 3.05) is 16.8 Å². The molecule has 2 atom stereocenters.